The fraction of sp³-hybridized carbons (Fsp3) is 0.474. The van der Waals surface area contributed by atoms with Crippen LogP contribution in [0.3, 0.4) is 0 Å². The molecule has 122 valence electrons. The third kappa shape index (κ3) is 4.01. The number of nitrogens with zero attached hydrogens (tertiary/aromatic N) is 1. The van der Waals surface area contributed by atoms with E-state index in [1.165, 1.54) is 19.3 Å². The van der Waals surface area contributed by atoms with Crippen LogP contribution in [0.25, 0.3) is 10.9 Å². The zero-order valence-electron chi connectivity index (χ0n) is 13.8. The lowest BCUT2D eigenvalue weighted by atomic mass is 9.95. The number of benzene rings is 1. The number of carbonyl (C=O) groups excluding carboxylic acids is 1. The van der Waals surface area contributed by atoms with Gasteiger partial charge in [-0.15, -0.1) is 0 Å². The van der Waals surface area contributed by atoms with Gasteiger partial charge in [0.15, 0.2) is 0 Å². The van der Waals surface area contributed by atoms with Gasteiger partial charge in [-0.3, -0.25) is 9.78 Å². The summed E-state index contributed by atoms with van der Waals surface area (Å²) < 4.78 is 0. The topological polar surface area (TPSA) is 54.0 Å². The lowest BCUT2D eigenvalue weighted by molar-refractivity contribution is -0.120. The van der Waals surface area contributed by atoms with Crippen molar-refractivity contribution in [1.29, 1.82) is 0 Å². The number of nitrogens with one attached hydrogen (secondary N) is 2. The number of para-hydroxylation sites is 1. The van der Waals surface area contributed by atoms with Crippen molar-refractivity contribution in [3.8, 4) is 0 Å². The molecule has 3 rings (SSSR count). The van der Waals surface area contributed by atoms with E-state index in [0.717, 1.165) is 41.5 Å². The summed E-state index contributed by atoms with van der Waals surface area (Å²) in [5, 5.41) is 7.51. The second-order valence-corrected chi connectivity index (χ2v) is 6.29. The van der Waals surface area contributed by atoms with Crippen molar-refractivity contribution < 1.29 is 4.79 Å². The molecule has 4 nitrogen and oxygen atoms in total. The predicted octanol–water partition coefficient (Wildman–Crippen LogP) is 3.66. The number of rotatable bonds is 5. The van der Waals surface area contributed by atoms with Crippen LogP contribution < -0.4 is 10.6 Å². The number of fused-ring (bicyclic) bond motifs is 1. The standard InChI is InChI=1S/C19H25N3O/c1-2-14-12-18(16-10-6-7-11-17(16)21-14)20-13-19(23)22-15-8-4-3-5-9-15/h6-7,10-12,15H,2-5,8-9,13H2,1H3,(H,20,21)(H,22,23). The average molecular weight is 311 g/mol. The maximum Gasteiger partial charge on any atom is 0.239 e. The average Bonchev–Trinajstić information content (AvgIpc) is 2.60. The van der Waals surface area contributed by atoms with E-state index in [0.29, 0.717) is 12.6 Å². The molecule has 1 saturated carbocycles. The number of hydrogen-bond acceptors (Lipinski definition) is 3. The third-order valence-electron chi connectivity index (χ3n) is 4.54. The van der Waals surface area contributed by atoms with Gasteiger partial charge in [0.2, 0.25) is 5.91 Å². The van der Waals surface area contributed by atoms with Crippen LogP contribution in [-0.2, 0) is 11.2 Å². The molecule has 1 aliphatic rings. The lowest BCUT2D eigenvalue weighted by Gasteiger charge is -2.23. The van der Waals surface area contributed by atoms with E-state index < -0.39 is 0 Å². The van der Waals surface area contributed by atoms with Crippen molar-refractivity contribution in [3.05, 3.63) is 36.0 Å². The summed E-state index contributed by atoms with van der Waals surface area (Å²) in [4.78, 5) is 16.8. The molecule has 2 N–H and O–H groups in total. The van der Waals surface area contributed by atoms with E-state index in [4.69, 9.17) is 0 Å². The normalized spacial score (nSPS) is 15.5. The van der Waals surface area contributed by atoms with Crippen LogP contribution in [0.4, 0.5) is 5.69 Å². The van der Waals surface area contributed by atoms with Crippen molar-refractivity contribution in [2.24, 2.45) is 0 Å². The zero-order chi connectivity index (χ0) is 16.1. The molecular formula is C19H25N3O. The molecule has 2 aromatic rings. The van der Waals surface area contributed by atoms with E-state index in [1.807, 2.05) is 24.3 Å². The number of hydrogen-bond donors (Lipinski definition) is 2. The van der Waals surface area contributed by atoms with Crippen LogP contribution in [-0.4, -0.2) is 23.5 Å². The van der Waals surface area contributed by atoms with Crippen LogP contribution in [0.1, 0.15) is 44.7 Å². The second-order valence-electron chi connectivity index (χ2n) is 6.29. The lowest BCUT2D eigenvalue weighted by Crippen LogP contribution is -2.39. The van der Waals surface area contributed by atoms with E-state index in [1.54, 1.807) is 0 Å². The molecule has 1 aromatic carbocycles. The Morgan fingerprint density at radius 1 is 1.22 bits per heavy atom. The fourth-order valence-corrected chi connectivity index (χ4v) is 3.26. The molecular weight excluding hydrogens is 286 g/mol. The van der Waals surface area contributed by atoms with Crippen molar-refractivity contribution in [3.63, 3.8) is 0 Å². The summed E-state index contributed by atoms with van der Waals surface area (Å²) in [6, 6.07) is 10.5. The Kier molecular flexibility index (Phi) is 5.11. The summed E-state index contributed by atoms with van der Waals surface area (Å²) in [5.74, 6) is 0.0795. The highest BCUT2D eigenvalue weighted by Crippen LogP contribution is 2.23. The van der Waals surface area contributed by atoms with Crippen molar-refractivity contribution in [2.75, 3.05) is 11.9 Å². The highest BCUT2D eigenvalue weighted by atomic mass is 16.1. The summed E-state index contributed by atoms with van der Waals surface area (Å²) in [5.41, 5.74) is 3.01. The Morgan fingerprint density at radius 3 is 2.78 bits per heavy atom. The Labute approximate surface area is 137 Å². The quantitative estimate of drug-likeness (QED) is 0.886. The molecule has 1 aromatic heterocycles. The summed E-state index contributed by atoms with van der Waals surface area (Å²) in [7, 11) is 0. The number of aromatic nitrogens is 1. The molecule has 1 aliphatic carbocycles. The molecule has 0 spiro atoms. The van der Waals surface area contributed by atoms with Crippen molar-refractivity contribution in [2.45, 2.75) is 51.5 Å². The number of pyridine rings is 1. The molecule has 0 radical (unpaired) electrons. The van der Waals surface area contributed by atoms with Gasteiger partial charge in [-0.05, 0) is 31.4 Å². The van der Waals surface area contributed by atoms with Crippen LogP contribution in [0.5, 0.6) is 0 Å². The smallest absolute Gasteiger partial charge is 0.239 e. The first kappa shape index (κ1) is 15.8. The van der Waals surface area contributed by atoms with Gasteiger partial charge in [0.05, 0.1) is 12.1 Å². The van der Waals surface area contributed by atoms with Crippen LogP contribution in [0, 0.1) is 0 Å². The number of amides is 1. The first-order valence-electron chi connectivity index (χ1n) is 8.68. The first-order valence-corrected chi connectivity index (χ1v) is 8.68. The molecule has 0 aliphatic heterocycles. The highest BCUT2D eigenvalue weighted by molar-refractivity contribution is 5.93. The summed E-state index contributed by atoms with van der Waals surface area (Å²) in [6.45, 7) is 2.41. The van der Waals surface area contributed by atoms with Gasteiger partial charge in [0, 0.05) is 22.8 Å². The molecule has 0 atom stereocenters. The van der Waals surface area contributed by atoms with Crippen molar-refractivity contribution >= 4 is 22.5 Å². The molecule has 1 amide bonds. The monoisotopic (exact) mass is 311 g/mol. The Hall–Kier alpha value is -2.10. The van der Waals surface area contributed by atoms with E-state index in [9.17, 15) is 4.79 Å². The molecule has 1 fully saturated rings. The maximum atomic E-state index is 12.2. The minimum Gasteiger partial charge on any atom is -0.376 e. The van der Waals surface area contributed by atoms with Gasteiger partial charge in [-0.25, -0.2) is 0 Å². The number of anilines is 1. The zero-order valence-corrected chi connectivity index (χ0v) is 13.8. The molecule has 0 unspecified atom stereocenters. The minimum atomic E-state index is 0.0795. The minimum absolute atomic E-state index is 0.0795. The molecule has 0 saturated heterocycles. The van der Waals surface area contributed by atoms with Gasteiger partial charge in [-0.2, -0.15) is 0 Å². The van der Waals surface area contributed by atoms with E-state index >= 15 is 0 Å². The second kappa shape index (κ2) is 7.44. The molecule has 4 heteroatoms. The van der Waals surface area contributed by atoms with Gasteiger partial charge in [0.25, 0.3) is 0 Å². The van der Waals surface area contributed by atoms with Crippen molar-refractivity contribution in [1.82, 2.24) is 10.3 Å². The van der Waals surface area contributed by atoms with Crippen LogP contribution >= 0.6 is 0 Å². The number of aryl methyl sites for hydroxylation is 1. The highest BCUT2D eigenvalue weighted by Gasteiger charge is 2.15. The van der Waals surface area contributed by atoms with Crippen LogP contribution in [0.15, 0.2) is 30.3 Å². The Bertz CT molecular complexity index is 677. The van der Waals surface area contributed by atoms with Gasteiger partial charge < -0.3 is 10.6 Å². The Morgan fingerprint density at radius 2 is 2.00 bits per heavy atom. The van der Waals surface area contributed by atoms with Gasteiger partial charge in [-0.1, -0.05) is 44.4 Å². The van der Waals surface area contributed by atoms with E-state index in [-0.39, 0.29) is 5.91 Å². The predicted molar refractivity (Wildman–Crippen MR) is 94.6 cm³/mol. The van der Waals surface area contributed by atoms with Gasteiger partial charge >= 0.3 is 0 Å². The maximum absolute atomic E-state index is 12.2. The Balaban J connectivity index is 1.67. The molecule has 1 heterocycles. The SMILES string of the molecule is CCc1cc(NCC(=O)NC2CCCCC2)c2ccccc2n1. The number of carbonyl (C=O) groups is 1. The largest absolute Gasteiger partial charge is 0.376 e. The summed E-state index contributed by atoms with van der Waals surface area (Å²) in [6.07, 6.45) is 6.87. The van der Waals surface area contributed by atoms with E-state index in [2.05, 4.69) is 28.6 Å². The molecule has 0 bridgehead atoms. The first-order chi connectivity index (χ1) is 11.3. The third-order valence-corrected chi connectivity index (χ3v) is 4.54. The fourth-order valence-electron chi connectivity index (χ4n) is 3.26. The summed E-state index contributed by atoms with van der Waals surface area (Å²) >= 11 is 0. The van der Waals surface area contributed by atoms with Gasteiger partial charge in [0.1, 0.15) is 0 Å². The van der Waals surface area contributed by atoms with Crippen LogP contribution in [0.2, 0.25) is 0 Å². The molecule has 23 heavy (non-hydrogen) atoms.